The summed E-state index contributed by atoms with van der Waals surface area (Å²) in [6.07, 6.45) is 0. The summed E-state index contributed by atoms with van der Waals surface area (Å²) in [5.74, 6) is 0.349. The average molecular weight is 268 g/mol. The monoisotopic (exact) mass is 268 g/mol. The first-order valence-corrected chi connectivity index (χ1v) is 3.06. The molecule has 0 aromatic carbocycles. The molecule has 3 N–H and O–H groups in total. The number of hydrogen-bond acceptors (Lipinski definition) is 2. The Bertz CT molecular complexity index is 160. The van der Waals surface area contributed by atoms with E-state index >= 15 is 0 Å². The van der Waals surface area contributed by atoms with Gasteiger partial charge in [-0.1, -0.05) is 0 Å². The summed E-state index contributed by atoms with van der Waals surface area (Å²) < 4.78 is 0. The highest BCUT2D eigenvalue weighted by molar-refractivity contribution is 14.0. The molecule has 0 bridgehead atoms. The molecule has 0 saturated carbocycles. The summed E-state index contributed by atoms with van der Waals surface area (Å²) in [4.78, 5) is 3.67. The van der Waals surface area contributed by atoms with Crippen LogP contribution in [0.4, 0.5) is 0 Å². The highest BCUT2D eigenvalue weighted by Crippen LogP contribution is 1.85. The van der Waals surface area contributed by atoms with Gasteiger partial charge >= 0.3 is 0 Å². The SMILES string of the molecule is CN=C(N)NCC(C)C#N.I. The van der Waals surface area contributed by atoms with Crippen molar-refractivity contribution in [2.24, 2.45) is 16.6 Å². The van der Waals surface area contributed by atoms with Gasteiger partial charge in [0, 0.05) is 13.6 Å². The van der Waals surface area contributed by atoms with Crippen LogP contribution in [-0.2, 0) is 0 Å². The molecule has 0 amide bonds. The fraction of sp³-hybridized carbons (Fsp3) is 0.667. The van der Waals surface area contributed by atoms with Gasteiger partial charge in [-0.05, 0) is 6.92 Å². The van der Waals surface area contributed by atoms with E-state index in [1.54, 1.807) is 7.05 Å². The predicted molar refractivity (Wildman–Crippen MR) is 55.7 cm³/mol. The molecule has 0 aromatic rings. The lowest BCUT2D eigenvalue weighted by Gasteiger charge is -2.04. The van der Waals surface area contributed by atoms with Crippen LogP contribution < -0.4 is 11.1 Å². The normalized spacial score (nSPS) is 12.6. The van der Waals surface area contributed by atoms with Gasteiger partial charge in [-0.2, -0.15) is 5.26 Å². The number of aliphatic imine (C=N–C) groups is 1. The molecule has 0 aliphatic heterocycles. The van der Waals surface area contributed by atoms with Crippen molar-refractivity contribution in [2.75, 3.05) is 13.6 Å². The highest BCUT2D eigenvalue weighted by Gasteiger charge is 1.97. The molecule has 0 aliphatic carbocycles. The van der Waals surface area contributed by atoms with E-state index < -0.39 is 0 Å². The number of nitrogens with zero attached hydrogens (tertiary/aromatic N) is 2. The fourth-order valence-electron chi connectivity index (χ4n) is 0.382. The first-order valence-electron chi connectivity index (χ1n) is 3.06. The van der Waals surface area contributed by atoms with Crippen LogP contribution in [0, 0.1) is 17.2 Å². The van der Waals surface area contributed by atoms with Crippen molar-refractivity contribution in [3.05, 3.63) is 0 Å². The van der Waals surface area contributed by atoms with Crippen molar-refractivity contribution in [3.63, 3.8) is 0 Å². The molecule has 1 atom stereocenters. The molecule has 0 saturated heterocycles. The largest absolute Gasteiger partial charge is 0.370 e. The second kappa shape index (κ2) is 7.60. The average Bonchev–Trinajstić information content (AvgIpc) is 1.99. The van der Waals surface area contributed by atoms with Crippen molar-refractivity contribution in [1.82, 2.24) is 5.32 Å². The van der Waals surface area contributed by atoms with Crippen molar-refractivity contribution >= 4 is 29.9 Å². The third kappa shape index (κ3) is 7.39. The van der Waals surface area contributed by atoms with Gasteiger partial charge in [0.05, 0.1) is 12.0 Å². The minimum absolute atomic E-state index is 0. The van der Waals surface area contributed by atoms with Crippen LogP contribution in [0.2, 0.25) is 0 Å². The highest BCUT2D eigenvalue weighted by atomic mass is 127. The van der Waals surface area contributed by atoms with Gasteiger partial charge in [0.2, 0.25) is 0 Å². The van der Waals surface area contributed by atoms with E-state index in [1.165, 1.54) is 0 Å². The van der Waals surface area contributed by atoms with E-state index in [-0.39, 0.29) is 29.9 Å². The summed E-state index contributed by atoms with van der Waals surface area (Å²) in [5.41, 5.74) is 5.31. The standard InChI is InChI=1S/C6H12N4.HI/c1-5(3-7)4-10-6(8)9-2;/h5H,4H2,1-2H3,(H3,8,9,10);1H. The maximum atomic E-state index is 8.35. The number of guanidine groups is 1. The number of nitrogens with two attached hydrogens (primary N) is 1. The summed E-state index contributed by atoms with van der Waals surface area (Å²) in [5, 5.41) is 11.1. The summed E-state index contributed by atoms with van der Waals surface area (Å²) in [7, 11) is 1.60. The van der Waals surface area contributed by atoms with Crippen molar-refractivity contribution in [1.29, 1.82) is 5.26 Å². The summed E-state index contributed by atoms with van der Waals surface area (Å²) in [6, 6.07) is 2.07. The molecular formula is C6H13IN4. The zero-order chi connectivity index (χ0) is 7.98. The molecule has 0 aliphatic rings. The van der Waals surface area contributed by atoms with Crippen LogP contribution in [0.25, 0.3) is 0 Å². The molecule has 0 aromatic heterocycles. The molecule has 0 rings (SSSR count). The minimum atomic E-state index is -0.0275. The van der Waals surface area contributed by atoms with E-state index in [1.807, 2.05) is 6.92 Å². The molecule has 0 heterocycles. The number of hydrogen-bond donors (Lipinski definition) is 2. The Balaban J connectivity index is 0. The third-order valence-corrected chi connectivity index (χ3v) is 1.05. The molecule has 0 radical (unpaired) electrons. The number of nitriles is 1. The second-order valence-corrected chi connectivity index (χ2v) is 2.02. The van der Waals surface area contributed by atoms with Crippen molar-refractivity contribution in [3.8, 4) is 6.07 Å². The second-order valence-electron chi connectivity index (χ2n) is 2.02. The maximum Gasteiger partial charge on any atom is 0.188 e. The van der Waals surface area contributed by atoms with Gasteiger partial charge in [0.25, 0.3) is 0 Å². The Labute approximate surface area is 83.9 Å². The van der Waals surface area contributed by atoms with Crippen LogP contribution in [0.15, 0.2) is 4.99 Å². The van der Waals surface area contributed by atoms with Crippen LogP contribution in [-0.4, -0.2) is 19.6 Å². The molecular weight excluding hydrogens is 255 g/mol. The predicted octanol–water partition coefficient (Wildman–Crippen LogP) is 0.298. The number of halogens is 1. The molecule has 64 valence electrons. The molecule has 0 fully saturated rings. The Morgan fingerprint density at radius 3 is 2.73 bits per heavy atom. The zero-order valence-electron chi connectivity index (χ0n) is 6.66. The number of rotatable bonds is 2. The lowest BCUT2D eigenvalue weighted by atomic mass is 10.2. The van der Waals surface area contributed by atoms with Gasteiger partial charge in [-0.3, -0.25) is 4.99 Å². The first kappa shape index (κ1) is 13.1. The first-order chi connectivity index (χ1) is 4.70. The van der Waals surface area contributed by atoms with E-state index in [0.29, 0.717) is 12.5 Å². The Hall–Kier alpha value is -0.510. The quantitative estimate of drug-likeness (QED) is 0.429. The topological polar surface area (TPSA) is 74.2 Å². The third-order valence-electron chi connectivity index (χ3n) is 1.05. The van der Waals surface area contributed by atoms with E-state index in [0.717, 1.165) is 0 Å². The van der Waals surface area contributed by atoms with Crippen molar-refractivity contribution in [2.45, 2.75) is 6.92 Å². The summed E-state index contributed by atoms with van der Waals surface area (Å²) in [6.45, 7) is 2.37. The van der Waals surface area contributed by atoms with Crippen molar-refractivity contribution < 1.29 is 0 Å². The zero-order valence-corrected chi connectivity index (χ0v) is 8.99. The van der Waals surface area contributed by atoms with Gasteiger partial charge in [0.1, 0.15) is 0 Å². The Kier molecular flexibility index (Phi) is 9.05. The van der Waals surface area contributed by atoms with Gasteiger partial charge < -0.3 is 11.1 Å². The van der Waals surface area contributed by atoms with Crippen LogP contribution >= 0.6 is 24.0 Å². The molecule has 0 spiro atoms. The van der Waals surface area contributed by atoms with Gasteiger partial charge in [-0.25, -0.2) is 0 Å². The van der Waals surface area contributed by atoms with Crippen LogP contribution in [0.1, 0.15) is 6.92 Å². The lowest BCUT2D eigenvalue weighted by molar-refractivity contribution is 0.698. The van der Waals surface area contributed by atoms with Crippen LogP contribution in [0.5, 0.6) is 0 Å². The summed E-state index contributed by atoms with van der Waals surface area (Å²) >= 11 is 0. The maximum absolute atomic E-state index is 8.35. The number of nitrogens with one attached hydrogen (secondary N) is 1. The van der Waals surface area contributed by atoms with Gasteiger partial charge in [-0.15, -0.1) is 24.0 Å². The minimum Gasteiger partial charge on any atom is -0.370 e. The molecule has 5 heteroatoms. The van der Waals surface area contributed by atoms with Gasteiger partial charge in [0.15, 0.2) is 5.96 Å². The van der Waals surface area contributed by atoms with E-state index in [4.69, 9.17) is 11.0 Å². The molecule has 11 heavy (non-hydrogen) atoms. The van der Waals surface area contributed by atoms with Crippen LogP contribution in [0.3, 0.4) is 0 Å². The molecule has 1 unspecified atom stereocenters. The van der Waals surface area contributed by atoms with E-state index in [9.17, 15) is 0 Å². The lowest BCUT2D eigenvalue weighted by Crippen LogP contribution is -2.34. The molecule has 4 nitrogen and oxygen atoms in total. The Morgan fingerprint density at radius 2 is 2.36 bits per heavy atom. The smallest absolute Gasteiger partial charge is 0.188 e. The fourth-order valence-corrected chi connectivity index (χ4v) is 0.382. The van der Waals surface area contributed by atoms with E-state index in [2.05, 4.69) is 16.4 Å². The Morgan fingerprint density at radius 1 is 1.82 bits per heavy atom.